The summed E-state index contributed by atoms with van der Waals surface area (Å²) in [6.07, 6.45) is 5.16. The predicted molar refractivity (Wildman–Crippen MR) is 75.9 cm³/mol. The van der Waals surface area contributed by atoms with Crippen LogP contribution in [0.2, 0.25) is 0 Å². The van der Waals surface area contributed by atoms with E-state index in [9.17, 15) is 0 Å². The van der Waals surface area contributed by atoms with Crippen molar-refractivity contribution in [3.8, 4) is 11.4 Å². The molecule has 0 atom stereocenters. The molecule has 0 aliphatic rings. The second-order valence-electron chi connectivity index (χ2n) is 4.39. The van der Waals surface area contributed by atoms with Gasteiger partial charge in [0.1, 0.15) is 11.0 Å². The van der Waals surface area contributed by atoms with Crippen LogP contribution in [0.4, 0.5) is 0 Å². The zero-order valence-electron chi connectivity index (χ0n) is 10.4. The molecule has 0 fully saturated rings. The fourth-order valence-corrected chi connectivity index (χ4v) is 2.15. The molecule has 5 heteroatoms. The third-order valence-corrected chi connectivity index (χ3v) is 3.12. The number of fused-ring (bicyclic) bond motifs is 3. The lowest BCUT2D eigenvalue weighted by molar-refractivity contribution is 1.03. The molecule has 4 aromatic rings. The summed E-state index contributed by atoms with van der Waals surface area (Å²) in [4.78, 5) is 13.0. The molecular formula is C15H9N5. The Morgan fingerprint density at radius 2 is 1.75 bits per heavy atom. The Balaban J connectivity index is 1.99. The summed E-state index contributed by atoms with van der Waals surface area (Å²) in [5, 5.41) is 9.46. The highest BCUT2D eigenvalue weighted by Gasteiger charge is 2.07. The average Bonchev–Trinajstić information content (AvgIpc) is 2.55. The van der Waals surface area contributed by atoms with Crippen LogP contribution in [-0.4, -0.2) is 25.1 Å². The highest BCUT2D eigenvalue weighted by atomic mass is 15.2. The SMILES string of the molecule is c1cncc(-c2nnc3c(cnc4ccccc43)n2)c1. The van der Waals surface area contributed by atoms with Crippen LogP contribution in [0.3, 0.4) is 0 Å². The van der Waals surface area contributed by atoms with E-state index in [2.05, 4.69) is 25.1 Å². The van der Waals surface area contributed by atoms with Crippen molar-refractivity contribution in [1.82, 2.24) is 25.1 Å². The molecule has 0 aliphatic carbocycles. The lowest BCUT2D eigenvalue weighted by Crippen LogP contribution is -1.96. The minimum atomic E-state index is 0.558. The van der Waals surface area contributed by atoms with Gasteiger partial charge in [0.05, 0.1) is 11.7 Å². The van der Waals surface area contributed by atoms with Gasteiger partial charge in [0.2, 0.25) is 0 Å². The van der Waals surface area contributed by atoms with Gasteiger partial charge in [0, 0.05) is 23.3 Å². The first-order valence-electron chi connectivity index (χ1n) is 6.20. The van der Waals surface area contributed by atoms with Crippen LogP contribution < -0.4 is 0 Å². The van der Waals surface area contributed by atoms with Crippen LogP contribution in [0, 0.1) is 0 Å². The molecule has 4 rings (SSSR count). The molecule has 5 nitrogen and oxygen atoms in total. The van der Waals surface area contributed by atoms with Gasteiger partial charge in [-0.1, -0.05) is 18.2 Å². The Morgan fingerprint density at radius 3 is 2.65 bits per heavy atom. The zero-order valence-corrected chi connectivity index (χ0v) is 10.4. The molecule has 3 aromatic heterocycles. The van der Waals surface area contributed by atoms with Crippen molar-refractivity contribution in [2.24, 2.45) is 0 Å². The number of para-hydroxylation sites is 1. The second kappa shape index (κ2) is 4.31. The van der Waals surface area contributed by atoms with Crippen molar-refractivity contribution in [1.29, 1.82) is 0 Å². The van der Waals surface area contributed by atoms with Gasteiger partial charge in [-0.3, -0.25) is 9.97 Å². The lowest BCUT2D eigenvalue weighted by atomic mass is 10.2. The number of nitrogens with zero attached hydrogens (tertiary/aromatic N) is 5. The van der Waals surface area contributed by atoms with Crippen molar-refractivity contribution in [3.05, 3.63) is 55.0 Å². The van der Waals surface area contributed by atoms with E-state index in [-0.39, 0.29) is 0 Å². The van der Waals surface area contributed by atoms with E-state index >= 15 is 0 Å². The molecule has 0 amide bonds. The molecule has 0 spiro atoms. The summed E-state index contributed by atoms with van der Waals surface area (Å²) in [7, 11) is 0. The molecule has 3 heterocycles. The average molecular weight is 259 g/mol. The van der Waals surface area contributed by atoms with Gasteiger partial charge in [-0.15, -0.1) is 10.2 Å². The van der Waals surface area contributed by atoms with Crippen LogP contribution in [0.5, 0.6) is 0 Å². The second-order valence-corrected chi connectivity index (χ2v) is 4.39. The number of benzene rings is 1. The van der Waals surface area contributed by atoms with Gasteiger partial charge in [-0.2, -0.15) is 0 Å². The van der Waals surface area contributed by atoms with Crippen LogP contribution in [0.25, 0.3) is 33.3 Å². The lowest BCUT2D eigenvalue weighted by Gasteiger charge is -2.03. The monoisotopic (exact) mass is 259 g/mol. The number of aromatic nitrogens is 5. The van der Waals surface area contributed by atoms with E-state index in [4.69, 9.17) is 0 Å². The molecule has 1 aromatic carbocycles. The molecule has 20 heavy (non-hydrogen) atoms. The summed E-state index contributed by atoms with van der Waals surface area (Å²) >= 11 is 0. The van der Waals surface area contributed by atoms with Crippen LogP contribution in [0.1, 0.15) is 0 Å². The van der Waals surface area contributed by atoms with Gasteiger partial charge in [0.15, 0.2) is 5.82 Å². The summed E-state index contributed by atoms with van der Waals surface area (Å²) < 4.78 is 0. The standard InChI is InChI=1S/C15H9N5/c1-2-6-12-11(5-1)14-13(9-17-12)18-15(20-19-14)10-4-3-7-16-8-10/h1-9H. The molecule has 0 saturated carbocycles. The number of hydrogen-bond donors (Lipinski definition) is 0. The Kier molecular flexibility index (Phi) is 2.35. The molecule has 0 N–H and O–H groups in total. The predicted octanol–water partition coefficient (Wildman–Crippen LogP) is 2.64. The van der Waals surface area contributed by atoms with Crippen LogP contribution >= 0.6 is 0 Å². The maximum absolute atomic E-state index is 4.52. The minimum Gasteiger partial charge on any atom is -0.264 e. The van der Waals surface area contributed by atoms with E-state index in [1.54, 1.807) is 18.6 Å². The molecule has 94 valence electrons. The quantitative estimate of drug-likeness (QED) is 0.492. The maximum atomic E-state index is 4.52. The minimum absolute atomic E-state index is 0.558. The fraction of sp³-hybridized carbons (Fsp3) is 0. The van der Waals surface area contributed by atoms with Crippen LogP contribution in [-0.2, 0) is 0 Å². The first kappa shape index (κ1) is 10.9. The van der Waals surface area contributed by atoms with Crippen molar-refractivity contribution in [2.45, 2.75) is 0 Å². The van der Waals surface area contributed by atoms with E-state index in [1.807, 2.05) is 36.4 Å². The van der Waals surface area contributed by atoms with Crippen molar-refractivity contribution < 1.29 is 0 Å². The zero-order chi connectivity index (χ0) is 13.4. The highest BCUT2D eigenvalue weighted by molar-refractivity contribution is 6.01. The molecular weight excluding hydrogens is 250 g/mol. The number of hydrogen-bond acceptors (Lipinski definition) is 5. The summed E-state index contributed by atoms with van der Waals surface area (Å²) in [6, 6.07) is 11.6. The van der Waals surface area contributed by atoms with E-state index in [0.717, 1.165) is 27.5 Å². The van der Waals surface area contributed by atoms with E-state index in [1.165, 1.54) is 0 Å². The molecule has 0 bridgehead atoms. The van der Waals surface area contributed by atoms with E-state index in [0.29, 0.717) is 5.82 Å². The highest BCUT2D eigenvalue weighted by Crippen LogP contribution is 2.21. The summed E-state index contributed by atoms with van der Waals surface area (Å²) in [6.45, 7) is 0. The molecule has 0 aliphatic heterocycles. The molecule has 0 unspecified atom stereocenters. The molecule has 0 saturated heterocycles. The van der Waals surface area contributed by atoms with Gasteiger partial charge in [0.25, 0.3) is 0 Å². The Morgan fingerprint density at radius 1 is 0.800 bits per heavy atom. The Bertz CT molecular complexity index is 905. The number of pyridine rings is 2. The Hall–Kier alpha value is -2.95. The summed E-state index contributed by atoms with van der Waals surface area (Å²) in [5.41, 5.74) is 3.24. The third kappa shape index (κ3) is 1.68. The first-order valence-corrected chi connectivity index (χ1v) is 6.20. The number of rotatable bonds is 1. The maximum Gasteiger partial charge on any atom is 0.183 e. The van der Waals surface area contributed by atoms with Crippen molar-refractivity contribution in [2.75, 3.05) is 0 Å². The van der Waals surface area contributed by atoms with E-state index < -0.39 is 0 Å². The van der Waals surface area contributed by atoms with Crippen LogP contribution in [0.15, 0.2) is 55.0 Å². The first-order chi connectivity index (χ1) is 9.92. The topological polar surface area (TPSA) is 64.5 Å². The van der Waals surface area contributed by atoms with Gasteiger partial charge in [-0.25, -0.2) is 4.98 Å². The third-order valence-electron chi connectivity index (χ3n) is 3.12. The van der Waals surface area contributed by atoms with Gasteiger partial charge in [-0.05, 0) is 18.2 Å². The smallest absolute Gasteiger partial charge is 0.183 e. The largest absolute Gasteiger partial charge is 0.264 e. The summed E-state index contributed by atoms with van der Waals surface area (Å²) in [5.74, 6) is 0.558. The van der Waals surface area contributed by atoms with Crippen molar-refractivity contribution >= 4 is 21.9 Å². The Labute approximate surface area is 114 Å². The normalized spacial score (nSPS) is 11.0. The van der Waals surface area contributed by atoms with Gasteiger partial charge >= 0.3 is 0 Å². The molecule has 0 radical (unpaired) electrons. The van der Waals surface area contributed by atoms with Crippen molar-refractivity contribution in [3.63, 3.8) is 0 Å². The van der Waals surface area contributed by atoms with Gasteiger partial charge < -0.3 is 0 Å². The fourth-order valence-electron chi connectivity index (χ4n) is 2.15.